The van der Waals surface area contributed by atoms with Crippen LogP contribution < -0.4 is 5.48 Å². The van der Waals surface area contributed by atoms with E-state index in [1.54, 1.807) is 6.08 Å². The first kappa shape index (κ1) is 11.0. The van der Waals surface area contributed by atoms with E-state index < -0.39 is 5.97 Å². The maximum Gasteiger partial charge on any atom is 0.329 e. The van der Waals surface area contributed by atoms with Crippen molar-refractivity contribution in [2.75, 3.05) is 0 Å². The summed E-state index contributed by atoms with van der Waals surface area (Å²) in [5.74, 6) is -0.399. The van der Waals surface area contributed by atoms with Crippen molar-refractivity contribution in [3.8, 4) is 0 Å². The van der Waals surface area contributed by atoms with E-state index in [2.05, 4.69) is 16.9 Å². The molecule has 1 aromatic rings. The third kappa shape index (κ3) is 4.67. The quantitative estimate of drug-likeness (QED) is 0.602. The van der Waals surface area contributed by atoms with Crippen LogP contribution in [0.3, 0.4) is 0 Å². The van der Waals surface area contributed by atoms with Gasteiger partial charge in [0.2, 0.25) is 0 Å². The minimum Gasteiger partial charge on any atom is -0.344 e. The van der Waals surface area contributed by atoms with Gasteiger partial charge >= 0.3 is 5.97 Å². The molecule has 1 aromatic carbocycles. The molecule has 0 bridgehead atoms. The molecule has 0 saturated carbocycles. The van der Waals surface area contributed by atoms with Crippen LogP contribution in [0, 0.1) is 0 Å². The molecular weight excluding hydrogens is 190 g/mol. The van der Waals surface area contributed by atoms with Crippen LogP contribution in [0.5, 0.6) is 0 Å². The normalized spacial score (nSPS) is 9.93. The topological polar surface area (TPSA) is 38.3 Å². The standard InChI is InChI=1S/C12H13NO2/c1-10(13-15-11(2)14)8-9-12-6-4-3-5-7-12/h3-9,13H,1H2,2H3. The lowest BCUT2D eigenvalue weighted by Crippen LogP contribution is -2.15. The fourth-order valence-corrected chi connectivity index (χ4v) is 0.932. The van der Waals surface area contributed by atoms with Crippen molar-refractivity contribution >= 4 is 12.0 Å². The van der Waals surface area contributed by atoms with Crippen LogP contribution in [0.1, 0.15) is 12.5 Å². The fourth-order valence-electron chi connectivity index (χ4n) is 0.932. The van der Waals surface area contributed by atoms with Crippen molar-refractivity contribution in [3.63, 3.8) is 0 Å². The summed E-state index contributed by atoms with van der Waals surface area (Å²) in [5, 5.41) is 0. The van der Waals surface area contributed by atoms with Crippen molar-refractivity contribution in [2.24, 2.45) is 0 Å². The Bertz CT molecular complexity index is 368. The Labute approximate surface area is 89.0 Å². The predicted octanol–water partition coefficient (Wildman–Crippen LogP) is 2.28. The Balaban J connectivity index is 2.44. The fraction of sp³-hybridized carbons (Fsp3) is 0.0833. The van der Waals surface area contributed by atoms with Crippen LogP contribution in [-0.2, 0) is 9.63 Å². The summed E-state index contributed by atoms with van der Waals surface area (Å²) in [6.45, 7) is 4.99. The second kappa shape index (κ2) is 5.65. The first-order valence-electron chi connectivity index (χ1n) is 4.54. The lowest BCUT2D eigenvalue weighted by atomic mass is 10.2. The number of allylic oxidation sites excluding steroid dienone is 1. The molecule has 0 unspecified atom stereocenters. The van der Waals surface area contributed by atoms with Crippen LogP contribution in [0.4, 0.5) is 0 Å². The monoisotopic (exact) mass is 203 g/mol. The van der Waals surface area contributed by atoms with Crippen LogP contribution in [0.15, 0.2) is 48.7 Å². The molecule has 3 heteroatoms. The van der Waals surface area contributed by atoms with E-state index >= 15 is 0 Å². The van der Waals surface area contributed by atoms with E-state index in [1.807, 2.05) is 36.4 Å². The lowest BCUT2D eigenvalue weighted by molar-refractivity contribution is -0.146. The van der Waals surface area contributed by atoms with Gasteiger partial charge < -0.3 is 4.84 Å². The summed E-state index contributed by atoms with van der Waals surface area (Å²) in [6.07, 6.45) is 3.61. The van der Waals surface area contributed by atoms with Gasteiger partial charge in [-0.05, 0) is 11.6 Å². The minimum atomic E-state index is -0.399. The average molecular weight is 203 g/mol. The molecule has 0 aliphatic heterocycles. The molecule has 15 heavy (non-hydrogen) atoms. The number of hydrogen-bond donors (Lipinski definition) is 1. The van der Waals surface area contributed by atoms with Crippen molar-refractivity contribution in [3.05, 3.63) is 54.2 Å². The highest BCUT2D eigenvalue weighted by molar-refractivity contribution is 5.65. The summed E-state index contributed by atoms with van der Waals surface area (Å²) < 4.78 is 0. The first-order chi connectivity index (χ1) is 7.18. The Kier molecular flexibility index (Phi) is 4.16. The number of carbonyl (C=O) groups excluding carboxylic acids is 1. The third-order valence-electron chi connectivity index (χ3n) is 1.60. The van der Waals surface area contributed by atoms with Gasteiger partial charge in [0.15, 0.2) is 0 Å². The van der Waals surface area contributed by atoms with Crippen LogP contribution in [-0.4, -0.2) is 5.97 Å². The van der Waals surface area contributed by atoms with Gasteiger partial charge in [0, 0.05) is 6.92 Å². The predicted molar refractivity (Wildman–Crippen MR) is 59.5 cm³/mol. The van der Waals surface area contributed by atoms with E-state index in [4.69, 9.17) is 0 Å². The summed E-state index contributed by atoms with van der Waals surface area (Å²) in [4.78, 5) is 15.0. The Morgan fingerprint density at radius 2 is 2.07 bits per heavy atom. The van der Waals surface area contributed by atoms with Gasteiger partial charge in [0.1, 0.15) is 0 Å². The van der Waals surface area contributed by atoms with Gasteiger partial charge in [-0.3, -0.25) is 4.79 Å². The first-order valence-corrected chi connectivity index (χ1v) is 4.54. The molecule has 78 valence electrons. The Hall–Kier alpha value is -2.03. The Morgan fingerprint density at radius 1 is 1.40 bits per heavy atom. The minimum absolute atomic E-state index is 0.399. The lowest BCUT2D eigenvalue weighted by Gasteiger charge is -2.02. The van der Waals surface area contributed by atoms with Crippen molar-refractivity contribution in [1.29, 1.82) is 0 Å². The van der Waals surface area contributed by atoms with Crippen molar-refractivity contribution < 1.29 is 9.63 Å². The van der Waals surface area contributed by atoms with E-state index in [0.29, 0.717) is 5.70 Å². The van der Waals surface area contributed by atoms with Crippen LogP contribution >= 0.6 is 0 Å². The molecule has 0 aromatic heterocycles. The molecule has 0 atom stereocenters. The third-order valence-corrected chi connectivity index (χ3v) is 1.60. The average Bonchev–Trinajstić information content (AvgIpc) is 2.25. The van der Waals surface area contributed by atoms with Gasteiger partial charge in [0.25, 0.3) is 0 Å². The largest absolute Gasteiger partial charge is 0.344 e. The summed E-state index contributed by atoms with van der Waals surface area (Å²) in [5.41, 5.74) is 4.00. The molecule has 0 aliphatic carbocycles. The smallest absolute Gasteiger partial charge is 0.329 e. The molecule has 0 amide bonds. The number of benzene rings is 1. The molecule has 0 spiro atoms. The summed E-state index contributed by atoms with van der Waals surface area (Å²) >= 11 is 0. The summed E-state index contributed by atoms with van der Waals surface area (Å²) in [6, 6.07) is 9.78. The molecule has 3 nitrogen and oxygen atoms in total. The van der Waals surface area contributed by atoms with Crippen molar-refractivity contribution in [1.82, 2.24) is 5.48 Å². The molecule has 1 N–H and O–H groups in total. The highest BCUT2D eigenvalue weighted by Gasteiger charge is 1.91. The van der Waals surface area contributed by atoms with E-state index in [0.717, 1.165) is 5.56 Å². The van der Waals surface area contributed by atoms with Gasteiger partial charge in [-0.25, -0.2) is 5.48 Å². The van der Waals surface area contributed by atoms with E-state index in [1.165, 1.54) is 6.92 Å². The van der Waals surface area contributed by atoms with E-state index in [9.17, 15) is 4.79 Å². The maximum atomic E-state index is 10.5. The zero-order chi connectivity index (χ0) is 11.1. The number of hydrogen-bond acceptors (Lipinski definition) is 3. The zero-order valence-corrected chi connectivity index (χ0v) is 8.57. The molecule has 0 radical (unpaired) electrons. The summed E-state index contributed by atoms with van der Waals surface area (Å²) in [7, 11) is 0. The molecule has 0 aliphatic rings. The van der Waals surface area contributed by atoms with Crippen molar-refractivity contribution in [2.45, 2.75) is 6.92 Å². The van der Waals surface area contributed by atoms with Gasteiger partial charge in [-0.15, -0.1) is 0 Å². The van der Waals surface area contributed by atoms with E-state index in [-0.39, 0.29) is 0 Å². The van der Waals surface area contributed by atoms with Gasteiger partial charge in [-0.2, -0.15) is 0 Å². The molecule has 1 rings (SSSR count). The van der Waals surface area contributed by atoms with Gasteiger partial charge in [-0.1, -0.05) is 43.0 Å². The molecule has 0 saturated heterocycles. The number of nitrogens with one attached hydrogen (secondary N) is 1. The number of carbonyl (C=O) groups is 1. The van der Waals surface area contributed by atoms with Gasteiger partial charge in [0.05, 0.1) is 5.70 Å². The molecular formula is C12H13NO2. The molecule has 0 fully saturated rings. The second-order valence-electron chi connectivity index (χ2n) is 2.96. The number of rotatable bonds is 4. The second-order valence-corrected chi connectivity index (χ2v) is 2.96. The molecule has 0 heterocycles. The Morgan fingerprint density at radius 3 is 2.67 bits per heavy atom. The zero-order valence-electron chi connectivity index (χ0n) is 8.57. The SMILES string of the molecule is C=C(C=Cc1ccccc1)NOC(C)=O. The maximum absolute atomic E-state index is 10.5. The highest BCUT2D eigenvalue weighted by Crippen LogP contribution is 2.02. The number of hydroxylamine groups is 1. The highest BCUT2D eigenvalue weighted by atomic mass is 16.7. The van der Waals surface area contributed by atoms with Crippen LogP contribution in [0.25, 0.3) is 6.08 Å². The van der Waals surface area contributed by atoms with Crippen LogP contribution in [0.2, 0.25) is 0 Å².